The number of nitrogens with zero attached hydrogens (tertiary/aromatic N) is 2. The minimum Gasteiger partial charge on any atom is -0.497 e. The van der Waals surface area contributed by atoms with Gasteiger partial charge in [-0.1, -0.05) is 54.2 Å². The number of hydrogen-bond donors (Lipinski definition) is 1. The molecule has 174 valence electrons. The van der Waals surface area contributed by atoms with Gasteiger partial charge in [-0.15, -0.1) is 0 Å². The van der Waals surface area contributed by atoms with E-state index in [1.54, 1.807) is 12.0 Å². The van der Waals surface area contributed by atoms with Crippen LogP contribution < -0.4 is 10.1 Å². The largest absolute Gasteiger partial charge is 0.497 e. The van der Waals surface area contributed by atoms with Crippen LogP contribution in [0, 0.1) is 6.92 Å². The van der Waals surface area contributed by atoms with Gasteiger partial charge in [-0.25, -0.2) is 4.99 Å². The summed E-state index contributed by atoms with van der Waals surface area (Å²) >= 11 is 1.33. The minimum absolute atomic E-state index is 0.105. The lowest BCUT2D eigenvalue weighted by Crippen LogP contribution is -2.46. The number of aliphatic imine (C=N–C) groups is 1. The van der Waals surface area contributed by atoms with E-state index in [1.165, 1.54) is 11.8 Å². The standard InChI is InChI=1S/C27H27N3O3S/c1-19-7-6-10-22(17-19)28-26(32)24-18-25(31)30(16-15-20-11-13-23(33-2)14-12-20)27(34-24)29-21-8-4-3-5-9-21/h3-14,17,24H,15-16,18H2,1-2H3,(H,28,32)/t24-/m1/s1. The highest BCUT2D eigenvalue weighted by Crippen LogP contribution is 2.30. The number of hydrogen-bond acceptors (Lipinski definition) is 5. The number of nitrogens with one attached hydrogen (secondary N) is 1. The molecule has 1 heterocycles. The number of rotatable bonds is 7. The number of carbonyl (C=O) groups excluding carboxylic acids is 2. The Morgan fingerprint density at radius 2 is 1.85 bits per heavy atom. The molecule has 0 saturated carbocycles. The van der Waals surface area contributed by atoms with Crippen molar-refractivity contribution in [2.45, 2.75) is 25.0 Å². The van der Waals surface area contributed by atoms with Gasteiger partial charge >= 0.3 is 0 Å². The third-order valence-electron chi connectivity index (χ3n) is 5.48. The molecule has 1 aliphatic rings. The van der Waals surface area contributed by atoms with Crippen molar-refractivity contribution in [2.75, 3.05) is 19.0 Å². The Kier molecular flexibility index (Phi) is 7.65. The molecule has 1 atom stereocenters. The fourth-order valence-corrected chi connectivity index (χ4v) is 4.78. The van der Waals surface area contributed by atoms with Gasteiger partial charge in [0.1, 0.15) is 11.0 Å². The van der Waals surface area contributed by atoms with E-state index in [-0.39, 0.29) is 18.2 Å². The maximum absolute atomic E-state index is 13.2. The zero-order chi connectivity index (χ0) is 23.9. The van der Waals surface area contributed by atoms with Crippen LogP contribution in [0.15, 0.2) is 83.9 Å². The number of methoxy groups -OCH3 is 1. The van der Waals surface area contributed by atoms with Crippen molar-refractivity contribution in [3.8, 4) is 5.75 Å². The predicted octanol–water partition coefficient (Wildman–Crippen LogP) is 5.21. The number of carbonyl (C=O) groups is 2. The second kappa shape index (κ2) is 11.0. The van der Waals surface area contributed by atoms with Crippen molar-refractivity contribution in [1.29, 1.82) is 0 Å². The number of thioether (sulfide) groups is 1. The van der Waals surface area contributed by atoms with E-state index in [2.05, 4.69) is 5.32 Å². The second-order valence-corrected chi connectivity index (χ2v) is 9.21. The van der Waals surface area contributed by atoms with Gasteiger partial charge in [0.15, 0.2) is 5.17 Å². The van der Waals surface area contributed by atoms with E-state index in [0.29, 0.717) is 18.1 Å². The lowest BCUT2D eigenvalue weighted by Gasteiger charge is -2.32. The van der Waals surface area contributed by atoms with Crippen LogP contribution in [0.5, 0.6) is 5.75 Å². The van der Waals surface area contributed by atoms with Gasteiger partial charge < -0.3 is 10.1 Å². The van der Waals surface area contributed by atoms with Gasteiger partial charge in [0, 0.05) is 18.7 Å². The molecule has 2 amide bonds. The summed E-state index contributed by atoms with van der Waals surface area (Å²) in [6, 6.07) is 24.9. The fourth-order valence-electron chi connectivity index (χ4n) is 3.65. The average Bonchev–Trinajstić information content (AvgIpc) is 2.84. The molecule has 1 saturated heterocycles. The first kappa shape index (κ1) is 23.6. The summed E-state index contributed by atoms with van der Waals surface area (Å²) in [6.07, 6.45) is 0.795. The number of amidine groups is 1. The van der Waals surface area contributed by atoms with Crippen molar-refractivity contribution in [3.05, 3.63) is 90.0 Å². The maximum atomic E-state index is 13.2. The Bertz CT molecular complexity index is 1180. The predicted molar refractivity (Wildman–Crippen MR) is 138 cm³/mol. The van der Waals surface area contributed by atoms with Crippen LogP contribution in [-0.2, 0) is 16.0 Å². The normalized spacial score (nSPS) is 17.0. The third kappa shape index (κ3) is 6.05. The zero-order valence-electron chi connectivity index (χ0n) is 19.2. The Morgan fingerprint density at radius 3 is 2.56 bits per heavy atom. The quantitative estimate of drug-likeness (QED) is 0.512. The van der Waals surface area contributed by atoms with Crippen molar-refractivity contribution < 1.29 is 14.3 Å². The van der Waals surface area contributed by atoms with Crippen LogP contribution in [0.4, 0.5) is 11.4 Å². The van der Waals surface area contributed by atoms with Crippen LogP contribution in [0.1, 0.15) is 17.5 Å². The number of benzene rings is 3. The molecule has 0 spiro atoms. The molecule has 1 N–H and O–H groups in total. The first-order valence-corrected chi connectivity index (χ1v) is 12.0. The van der Waals surface area contributed by atoms with Gasteiger partial charge in [-0.2, -0.15) is 0 Å². The highest BCUT2D eigenvalue weighted by molar-refractivity contribution is 8.15. The van der Waals surface area contributed by atoms with E-state index in [1.807, 2.05) is 85.8 Å². The molecule has 34 heavy (non-hydrogen) atoms. The van der Waals surface area contributed by atoms with Gasteiger partial charge in [-0.3, -0.25) is 14.5 Å². The van der Waals surface area contributed by atoms with Crippen molar-refractivity contribution >= 4 is 40.1 Å². The van der Waals surface area contributed by atoms with Gasteiger partial charge in [0.05, 0.1) is 12.8 Å². The van der Waals surface area contributed by atoms with Gasteiger partial charge in [0.2, 0.25) is 11.8 Å². The smallest absolute Gasteiger partial charge is 0.238 e. The Morgan fingerprint density at radius 1 is 1.09 bits per heavy atom. The topological polar surface area (TPSA) is 71.0 Å². The van der Waals surface area contributed by atoms with Crippen molar-refractivity contribution in [2.24, 2.45) is 4.99 Å². The van der Waals surface area contributed by atoms with E-state index >= 15 is 0 Å². The SMILES string of the molecule is COc1ccc(CCN2C(=O)C[C@H](C(=O)Nc3cccc(C)c3)SC2=Nc2ccccc2)cc1. The summed E-state index contributed by atoms with van der Waals surface area (Å²) in [6.45, 7) is 2.45. The molecular formula is C27H27N3O3S. The van der Waals surface area contributed by atoms with Gasteiger partial charge in [-0.05, 0) is 60.9 Å². The van der Waals surface area contributed by atoms with Crippen LogP contribution in [0.3, 0.4) is 0 Å². The summed E-state index contributed by atoms with van der Waals surface area (Å²) in [7, 11) is 1.64. The summed E-state index contributed by atoms with van der Waals surface area (Å²) in [4.78, 5) is 32.6. The summed E-state index contributed by atoms with van der Waals surface area (Å²) in [5.41, 5.74) is 3.62. The Balaban J connectivity index is 1.52. The second-order valence-electron chi connectivity index (χ2n) is 8.04. The van der Waals surface area contributed by atoms with Crippen LogP contribution in [0.25, 0.3) is 0 Å². The molecule has 1 fully saturated rings. The Labute approximate surface area is 204 Å². The number of anilines is 1. The lowest BCUT2D eigenvalue weighted by atomic mass is 10.1. The van der Waals surface area contributed by atoms with Crippen LogP contribution in [-0.4, -0.2) is 40.8 Å². The fraction of sp³-hybridized carbons (Fsp3) is 0.222. The maximum Gasteiger partial charge on any atom is 0.238 e. The molecule has 7 heteroatoms. The number of para-hydroxylation sites is 1. The van der Waals surface area contributed by atoms with Crippen molar-refractivity contribution in [3.63, 3.8) is 0 Å². The van der Waals surface area contributed by atoms with E-state index in [4.69, 9.17) is 9.73 Å². The molecule has 6 nitrogen and oxygen atoms in total. The molecule has 0 aliphatic carbocycles. The van der Waals surface area contributed by atoms with E-state index in [9.17, 15) is 9.59 Å². The molecule has 3 aromatic carbocycles. The van der Waals surface area contributed by atoms with E-state index < -0.39 is 5.25 Å². The number of ether oxygens (including phenoxy) is 1. The third-order valence-corrected chi connectivity index (χ3v) is 6.67. The molecule has 0 radical (unpaired) electrons. The summed E-state index contributed by atoms with van der Waals surface area (Å²) in [5, 5.41) is 2.94. The molecule has 4 rings (SSSR count). The van der Waals surface area contributed by atoms with Crippen LogP contribution >= 0.6 is 11.8 Å². The minimum atomic E-state index is -0.548. The highest BCUT2D eigenvalue weighted by Gasteiger charge is 2.35. The van der Waals surface area contributed by atoms with E-state index in [0.717, 1.165) is 28.3 Å². The Hall–Kier alpha value is -3.58. The molecule has 1 aliphatic heterocycles. The first-order valence-electron chi connectivity index (χ1n) is 11.1. The van der Waals surface area contributed by atoms with Gasteiger partial charge in [0.25, 0.3) is 0 Å². The van der Waals surface area contributed by atoms with Crippen LogP contribution in [0.2, 0.25) is 0 Å². The molecule has 3 aromatic rings. The van der Waals surface area contributed by atoms with Crippen molar-refractivity contribution in [1.82, 2.24) is 4.90 Å². The zero-order valence-corrected chi connectivity index (χ0v) is 20.0. The molecule has 0 unspecified atom stereocenters. The average molecular weight is 474 g/mol. The number of amides is 2. The summed E-state index contributed by atoms with van der Waals surface area (Å²) in [5.74, 6) is 0.494. The summed E-state index contributed by atoms with van der Waals surface area (Å²) < 4.78 is 5.22. The monoisotopic (exact) mass is 473 g/mol. The first-order chi connectivity index (χ1) is 16.5. The highest BCUT2D eigenvalue weighted by atomic mass is 32.2. The lowest BCUT2D eigenvalue weighted by molar-refractivity contribution is -0.129. The molecule has 0 bridgehead atoms. The molecule has 0 aromatic heterocycles. The molecular weight excluding hydrogens is 446 g/mol. The number of aryl methyl sites for hydroxylation is 1.